The van der Waals surface area contributed by atoms with E-state index in [1.165, 1.54) is 0 Å². The quantitative estimate of drug-likeness (QED) is 0.683. The number of nitrogens with one attached hydrogen (secondary N) is 1. The fourth-order valence-electron chi connectivity index (χ4n) is 1.22. The van der Waals surface area contributed by atoms with Crippen LogP contribution in [0.1, 0.15) is 6.42 Å². The Labute approximate surface area is 96.1 Å². The average molecular weight is 267 g/mol. The molecule has 0 aromatic carbocycles. The van der Waals surface area contributed by atoms with Gasteiger partial charge in [0.2, 0.25) is 5.95 Å². The lowest BCUT2D eigenvalue weighted by Crippen LogP contribution is -2.01. The molecule has 78 valence electrons. The maximum atomic E-state index is 4.31. The predicted octanol–water partition coefficient (Wildman–Crippen LogP) is 2.48. The Morgan fingerprint density at radius 2 is 2.40 bits per heavy atom. The molecule has 0 radical (unpaired) electrons. The summed E-state index contributed by atoms with van der Waals surface area (Å²) in [4.78, 5) is 4.31. The summed E-state index contributed by atoms with van der Waals surface area (Å²) in [6.07, 6.45) is 4.64. The van der Waals surface area contributed by atoms with Crippen LogP contribution in [0.5, 0.6) is 0 Å². The van der Waals surface area contributed by atoms with E-state index < -0.39 is 0 Å². The third-order valence-corrected chi connectivity index (χ3v) is 2.40. The summed E-state index contributed by atoms with van der Waals surface area (Å²) < 4.78 is 2.72. The van der Waals surface area contributed by atoms with E-state index in [0.29, 0.717) is 5.95 Å². The van der Waals surface area contributed by atoms with Crippen molar-refractivity contribution < 1.29 is 0 Å². The van der Waals surface area contributed by atoms with Crippen LogP contribution in [0.25, 0.3) is 5.65 Å². The molecule has 0 atom stereocenters. The van der Waals surface area contributed by atoms with Crippen LogP contribution in [0.3, 0.4) is 0 Å². The first-order valence-electron chi connectivity index (χ1n) is 4.66. The van der Waals surface area contributed by atoms with Gasteiger partial charge in [0, 0.05) is 17.2 Å². The molecule has 0 amide bonds. The highest BCUT2D eigenvalue weighted by molar-refractivity contribution is 9.10. The Hall–Kier alpha value is -1.36. The van der Waals surface area contributed by atoms with Crippen LogP contribution in [0.15, 0.2) is 35.5 Å². The van der Waals surface area contributed by atoms with Crippen LogP contribution < -0.4 is 5.32 Å². The van der Waals surface area contributed by atoms with Crippen molar-refractivity contribution in [1.29, 1.82) is 0 Å². The minimum Gasteiger partial charge on any atom is -0.353 e. The van der Waals surface area contributed by atoms with Gasteiger partial charge in [0.1, 0.15) is 0 Å². The molecule has 1 N–H and O–H groups in total. The molecule has 15 heavy (non-hydrogen) atoms. The summed E-state index contributed by atoms with van der Waals surface area (Å²) in [5.74, 6) is 0.648. The van der Waals surface area contributed by atoms with Gasteiger partial charge in [0.25, 0.3) is 0 Å². The number of fused-ring (bicyclic) bond motifs is 1. The largest absolute Gasteiger partial charge is 0.353 e. The minimum atomic E-state index is 0.648. The third-order valence-electron chi connectivity index (χ3n) is 1.93. The molecular formula is C10H11BrN4. The van der Waals surface area contributed by atoms with Crippen LogP contribution in [0, 0.1) is 0 Å². The number of rotatable bonds is 4. The zero-order chi connectivity index (χ0) is 10.7. The number of hydrogen-bond acceptors (Lipinski definition) is 3. The van der Waals surface area contributed by atoms with Gasteiger partial charge in [-0.1, -0.05) is 6.08 Å². The maximum Gasteiger partial charge on any atom is 0.243 e. The standard InChI is InChI=1S/C10H11BrN4/c1-2-3-6-12-10-13-9-5-4-8(11)7-15(9)14-10/h2,4-5,7H,1,3,6H2,(H,12,14). The highest BCUT2D eigenvalue weighted by Gasteiger charge is 2.01. The number of halogens is 1. The van der Waals surface area contributed by atoms with Crippen molar-refractivity contribution in [3.63, 3.8) is 0 Å². The highest BCUT2D eigenvalue weighted by atomic mass is 79.9. The predicted molar refractivity (Wildman–Crippen MR) is 64.0 cm³/mol. The summed E-state index contributed by atoms with van der Waals surface area (Å²) in [6, 6.07) is 3.85. The van der Waals surface area contributed by atoms with Gasteiger partial charge in [0.15, 0.2) is 5.65 Å². The molecule has 0 saturated heterocycles. The second-order valence-corrected chi connectivity index (χ2v) is 4.01. The fourth-order valence-corrected chi connectivity index (χ4v) is 1.55. The van der Waals surface area contributed by atoms with Crippen LogP contribution >= 0.6 is 15.9 Å². The molecule has 0 fully saturated rings. The van der Waals surface area contributed by atoms with E-state index in [4.69, 9.17) is 0 Å². The van der Waals surface area contributed by atoms with E-state index in [9.17, 15) is 0 Å². The topological polar surface area (TPSA) is 42.2 Å². The molecule has 0 aliphatic heterocycles. The summed E-state index contributed by atoms with van der Waals surface area (Å²) in [5, 5.41) is 7.40. The van der Waals surface area contributed by atoms with E-state index >= 15 is 0 Å². The maximum absolute atomic E-state index is 4.31. The van der Waals surface area contributed by atoms with E-state index in [-0.39, 0.29) is 0 Å². The van der Waals surface area contributed by atoms with Gasteiger partial charge in [-0.2, -0.15) is 4.98 Å². The first-order chi connectivity index (χ1) is 7.29. The first-order valence-corrected chi connectivity index (χ1v) is 5.45. The number of aromatic nitrogens is 3. The van der Waals surface area contributed by atoms with Crippen LogP contribution in [-0.4, -0.2) is 21.1 Å². The van der Waals surface area contributed by atoms with E-state index in [1.54, 1.807) is 4.52 Å². The Morgan fingerprint density at radius 3 is 3.20 bits per heavy atom. The molecule has 0 saturated carbocycles. The second kappa shape index (κ2) is 4.44. The SMILES string of the molecule is C=CCCNc1nc2ccc(Br)cn2n1. The molecule has 2 aromatic rings. The van der Waals surface area contributed by atoms with Crippen LogP contribution in [0.2, 0.25) is 0 Å². The molecule has 2 rings (SSSR count). The number of pyridine rings is 1. The summed E-state index contributed by atoms with van der Waals surface area (Å²) >= 11 is 3.38. The third kappa shape index (κ3) is 2.36. The van der Waals surface area contributed by atoms with Crippen molar-refractivity contribution in [1.82, 2.24) is 14.6 Å². The van der Waals surface area contributed by atoms with Crippen molar-refractivity contribution >= 4 is 27.5 Å². The summed E-state index contributed by atoms with van der Waals surface area (Å²) in [5.41, 5.74) is 0.833. The summed E-state index contributed by atoms with van der Waals surface area (Å²) in [6.45, 7) is 4.46. The van der Waals surface area contributed by atoms with Crippen molar-refractivity contribution in [2.24, 2.45) is 0 Å². The Balaban J connectivity index is 2.19. The minimum absolute atomic E-state index is 0.648. The Bertz CT molecular complexity index is 477. The Morgan fingerprint density at radius 1 is 1.53 bits per heavy atom. The zero-order valence-electron chi connectivity index (χ0n) is 8.15. The lowest BCUT2D eigenvalue weighted by atomic mass is 10.4. The molecule has 0 bridgehead atoms. The lowest BCUT2D eigenvalue weighted by molar-refractivity contribution is 0.941. The molecular weight excluding hydrogens is 256 g/mol. The molecule has 0 aliphatic carbocycles. The zero-order valence-corrected chi connectivity index (χ0v) is 9.74. The monoisotopic (exact) mass is 266 g/mol. The van der Waals surface area contributed by atoms with Gasteiger partial charge in [-0.25, -0.2) is 4.52 Å². The van der Waals surface area contributed by atoms with E-state index in [2.05, 4.69) is 37.9 Å². The molecule has 0 aliphatic rings. The van der Waals surface area contributed by atoms with Gasteiger partial charge in [0.05, 0.1) is 0 Å². The van der Waals surface area contributed by atoms with Gasteiger partial charge in [-0.3, -0.25) is 0 Å². The molecule has 2 aromatic heterocycles. The fraction of sp³-hybridized carbons (Fsp3) is 0.200. The van der Waals surface area contributed by atoms with Gasteiger partial charge in [-0.05, 0) is 34.5 Å². The van der Waals surface area contributed by atoms with Gasteiger partial charge >= 0.3 is 0 Å². The van der Waals surface area contributed by atoms with Crippen molar-refractivity contribution in [2.75, 3.05) is 11.9 Å². The number of nitrogens with zero attached hydrogens (tertiary/aromatic N) is 3. The lowest BCUT2D eigenvalue weighted by Gasteiger charge is -1.95. The molecule has 0 spiro atoms. The van der Waals surface area contributed by atoms with E-state index in [0.717, 1.165) is 23.1 Å². The average Bonchev–Trinajstić information content (AvgIpc) is 2.60. The molecule has 5 heteroatoms. The normalized spacial score (nSPS) is 10.5. The van der Waals surface area contributed by atoms with Crippen molar-refractivity contribution in [3.05, 3.63) is 35.5 Å². The van der Waals surface area contributed by atoms with Crippen molar-refractivity contribution in [2.45, 2.75) is 6.42 Å². The smallest absolute Gasteiger partial charge is 0.243 e. The van der Waals surface area contributed by atoms with Gasteiger partial charge in [-0.15, -0.1) is 11.7 Å². The molecule has 0 unspecified atom stereocenters. The van der Waals surface area contributed by atoms with Crippen molar-refractivity contribution in [3.8, 4) is 0 Å². The molecule has 2 heterocycles. The Kier molecular flexibility index (Phi) is 3.01. The van der Waals surface area contributed by atoms with Crippen LogP contribution in [-0.2, 0) is 0 Å². The second-order valence-electron chi connectivity index (χ2n) is 3.09. The number of hydrogen-bond donors (Lipinski definition) is 1. The molecule has 4 nitrogen and oxygen atoms in total. The van der Waals surface area contributed by atoms with Gasteiger partial charge < -0.3 is 5.32 Å². The first kappa shape index (κ1) is 10.2. The highest BCUT2D eigenvalue weighted by Crippen LogP contribution is 2.11. The number of anilines is 1. The van der Waals surface area contributed by atoms with Crippen LogP contribution in [0.4, 0.5) is 5.95 Å². The summed E-state index contributed by atoms with van der Waals surface area (Å²) in [7, 11) is 0. The van der Waals surface area contributed by atoms with E-state index in [1.807, 2.05) is 24.4 Å².